The van der Waals surface area contributed by atoms with Crippen molar-refractivity contribution in [3.05, 3.63) is 29.8 Å². The number of benzene rings is 1. The highest BCUT2D eigenvalue weighted by molar-refractivity contribution is 9.09. The van der Waals surface area contributed by atoms with E-state index in [1.807, 2.05) is 0 Å². The molecule has 4 rings (SSSR count). The number of nitrogens with one attached hydrogen (secondary N) is 1. The normalized spacial score (nSPS) is 32.9. The van der Waals surface area contributed by atoms with Crippen LogP contribution in [0, 0.1) is 23.7 Å². The van der Waals surface area contributed by atoms with Gasteiger partial charge >= 0.3 is 11.9 Å². The molecule has 1 heterocycles. The van der Waals surface area contributed by atoms with E-state index in [1.165, 1.54) is 6.92 Å². The summed E-state index contributed by atoms with van der Waals surface area (Å²) in [4.78, 5) is 48.0. The summed E-state index contributed by atoms with van der Waals surface area (Å²) in [5.74, 6) is -2.50. The molecule has 2 saturated carbocycles. The van der Waals surface area contributed by atoms with E-state index >= 15 is 0 Å². The number of ketones is 1. The lowest BCUT2D eigenvalue weighted by atomic mass is 9.80. The van der Waals surface area contributed by atoms with Crippen LogP contribution in [0.4, 0.5) is 5.69 Å². The first-order valence-corrected chi connectivity index (χ1v) is 9.70. The van der Waals surface area contributed by atoms with Crippen molar-refractivity contribution in [2.45, 2.75) is 24.3 Å². The standard InChI is InChI=1S/C19H18BrNO6/c1-8(22)9-3-2-4-10(5-9)21-13(23)7-26-18(24)14-11-6-12-15(14)19(25)27-17(12)16(11)20/h2-5,11-12,14-17H,6-7H2,1H3,(H,21,23)/t11-,12-,14-,15-,16-,17+/m1/s1. The van der Waals surface area contributed by atoms with Gasteiger partial charge in [-0.25, -0.2) is 0 Å². The predicted octanol–water partition coefficient (Wildman–Crippen LogP) is 1.94. The Morgan fingerprint density at radius 2 is 2.07 bits per heavy atom. The van der Waals surface area contributed by atoms with Gasteiger partial charge in [-0.2, -0.15) is 0 Å². The van der Waals surface area contributed by atoms with Crippen LogP contribution < -0.4 is 5.32 Å². The number of anilines is 1. The van der Waals surface area contributed by atoms with Gasteiger partial charge in [0.25, 0.3) is 5.91 Å². The van der Waals surface area contributed by atoms with Crippen molar-refractivity contribution in [1.29, 1.82) is 0 Å². The van der Waals surface area contributed by atoms with Crippen molar-refractivity contribution in [2.75, 3.05) is 11.9 Å². The first kappa shape index (κ1) is 18.2. The van der Waals surface area contributed by atoms with E-state index in [0.29, 0.717) is 11.3 Å². The molecule has 0 spiro atoms. The molecule has 6 atom stereocenters. The maximum absolute atomic E-state index is 12.5. The number of fused-ring (bicyclic) bond motifs is 1. The van der Waals surface area contributed by atoms with Gasteiger partial charge in [0.05, 0.1) is 16.7 Å². The van der Waals surface area contributed by atoms with Gasteiger partial charge in [0.15, 0.2) is 12.4 Å². The SMILES string of the molecule is CC(=O)c1cccc(NC(=O)COC(=O)[C@@H]2[C@H]3C[C@H]4[C@H](OC(=O)[C@H]42)[C@@H]3Br)c1. The summed E-state index contributed by atoms with van der Waals surface area (Å²) < 4.78 is 10.6. The second kappa shape index (κ2) is 6.74. The molecule has 1 aromatic carbocycles. The highest BCUT2D eigenvalue weighted by Gasteiger charge is 2.68. The number of halogens is 1. The van der Waals surface area contributed by atoms with Crippen molar-refractivity contribution < 1.29 is 28.7 Å². The van der Waals surface area contributed by atoms with Crippen molar-refractivity contribution in [1.82, 2.24) is 0 Å². The first-order valence-electron chi connectivity index (χ1n) is 8.79. The fourth-order valence-electron chi connectivity index (χ4n) is 4.54. The van der Waals surface area contributed by atoms with Crippen LogP contribution in [0.5, 0.6) is 0 Å². The Morgan fingerprint density at radius 1 is 1.30 bits per heavy atom. The second-order valence-electron chi connectivity index (χ2n) is 7.25. The number of Topliss-reactive ketones (excluding diaryl/α,β-unsaturated/α-hetero) is 1. The summed E-state index contributed by atoms with van der Waals surface area (Å²) in [6.07, 6.45) is 0.592. The molecule has 0 aromatic heterocycles. The van der Waals surface area contributed by atoms with E-state index in [2.05, 4.69) is 21.2 Å². The average molecular weight is 436 g/mol. The molecular weight excluding hydrogens is 418 g/mol. The number of hydrogen-bond acceptors (Lipinski definition) is 6. The van der Waals surface area contributed by atoms with E-state index in [1.54, 1.807) is 24.3 Å². The lowest BCUT2D eigenvalue weighted by Crippen LogP contribution is -2.39. The zero-order valence-electron chi connectivity index (χ0n) is 14.5. The van der Waals surface area contributed by atoms with Crippen molar-refractivity contribution in [2.24, 2.45) is 23.7 Å². The average Bonchev–Trinajstić information content (AvgIpc) is 3.24. The second-order valence-corrected chi connectivity index (χ2v) is 8.31. The van der Waals surface area contributed by atoms with E-state index in [0.717, 1.165) is 6.42 Å². The Balaban J connectivity index is 1.36. The number of hydrogen-bond donors (Lipinski definition) is 1. The van der Waals surface area contributed by atoms with Crippen LogP contribution in [0.15, 0.2) is 24.3 Å². The minimum atomic E-state index is -0.570. The molecule has 27 heavy (non-hydrogen) atoms. The van der Waals surface area contributed by atoms with Crippen molar-refractivity contribution >= 4 is 45.2 Å². The van der Waals surface area contributed by atoms with Crippen LogP contribution in [0.3, 0.4) is 0 Å². The Kier molecular flexibility index (Phi) is 4.53. The monoisotopic (exact) mass is 435 g/mol. The van der Waals surface area contributed by atoms with Gasteiger partial charge in [0.1, 0.15) is 6.10 Å². The van der Waals surface area contributed by atoms with Crippen LogP contribution in [0.2, 0.25) is 0 Å². The summed E-state index contributed by atoms with van der Waals surface area (Å²) in [7, 11) is 0. The van der Waals surface area contributed by atoms with Gasteiger partial charge in [-0.1, -0.05) is 28.1 Å². The topological polar surface area (TPSA) is 98.8 Å². The fourth-order valence-corrected chi connectivity index (χ4v) is 5.58. The van der Waals surface area contributed by atoms with Crippen LogP contribution in [-0.4, -0.2) is 41.2 Å². The number of ether oxygens (including phenoxy) is 2. The van der Waals surface area contributed by atoms with Gasteiger partial charge in [0.2, 0.25) is 0 Å². The van der Waals surface area contributed by atoms with Crippen LogP contribution >= 0.6 is 15.9 Å². The predicted molar refractivity (Wildman–Crippen MR) is 97.2 cm³/mol. The molecule has 8 heteroatoms. The summed E-state index contributed by atoms with van der Waals surface area (Å²) >= 11 is 3.54. The van der Waals surface area contributed by atoms with E-state index in [9.17, 15) is 19.2 Å². The van der Waals surface area contributed by atoms with E-state index < -0.39 is 30.3 Å². The molecule has 1 amide bonds. The van der Waals surface area contributed by atoms with E-state index in [-0.39, 0.29) is 34.5 Å². The molecule has 3 aliphatic rings. The lowest BCUT2D eigenvalue weighted by molar-refractivity contribution is -0.157. The smallest absolute Gasteiger partial charge is 0.310 e. The molecule has 2 aliphatic carbocycles. The third-order valence-electron chi connectivity index (χ3n) is 5.69. The number of rotatable bonds is 5. The molecule has 3 fully saturated rings. The quantitative estimate of drug-likeness (QED) is 0.431. The molecule has 0 unspecified atom stereocenters. The largest absolute Gasteiger partial charge is 0.461 e. The highest BCUT2D eigenvalue weighted by atomic mass is 79.9. The first-order chi connectivity index (χ1) is 12.9. The zero-order valence-corrected chi connectivity index (χ0v) is 16.1. The molecule has 2 bridgehead atoms. The van der Waals surface area contributed by atoms with Gasteiger partial charge in [-0.15, -0.1) is 0 Å². The van der Waals surface area contributed by atoms with Gasteiger partial charge < -0.3 is 14.8 Å². The lowest BCUT2D eigenvalue weighted by Gasteiger charge is -2.26. The molecule has 1 aromatic rings. The molecule has 0 radical (unpaired) electrons. The summed E-state index contributed by atoms with van der Waals surface area (Å²) in [5, 5.41) is 2.60. The van der Waals surface area contributed by atoms with Crippen molar-refractivity contribution in [3.63, 3.8) is 0 Å². The Bertz CT molecular complexity index is 839. The third-order valence-corrected chi connectivity index (χ3v) is 6.89. The molecule has 1 aliphatic heterocycles. The summed E-state index contributed by atoms with van der Waals surface area (Å²) in [6, 6.07) is 6.51. The van der Waals surface area contributed by atoms with Crippen LogP contribution in [0.1, 0.15) is 23.7 Å². The Morgan fingerprint density at radius 3 is 2.81 bits per heavy atom. The van der Waals surface area contributed by atoms with Gasteiger partial charge in [-0.05, 0) is 31.4 Å². The van der Waals surface area contributed by atoms with Gasteiger partial charge in [-0.3, -0.25) is 19.2 Å². The molecular formula is C19H18BrNO6. The number of alkyl halides is 1. The highest BCUT2D eigenvalue weighted by Crippen LogP contribution is 2.60. The molecule has 7 nitrogen and oxygen atoms in total. The van der Waals surface area contributed by atoms with Crippen LogP contribution in [-0.2, 0) is 23.9 Å². The van der Waals surface area contributed by atoms with Crippen LogP contribution in [0.25, 0.3) is 0 Å². The van der Waals surface area contributed by atoms with E-state index in [4.69, 9.17) is 9.47 Å². The summed E-state index contributed by atoms with van der Waals surface area (Å²) in [6.45, 7) is 0.989. The fraction of sp³-hybridized carbons (Fsp3) is 0.474. The minimum absolute atomic E-state index is 0.0146. The zero-order chi connectivity index (χ0) is 19.3. The summed E-state index contributed by atoms with van der Waals surface area (Å²) in [5.41, 5.74) is 0.927. The molecule has 1 saturated heterocycles. The number of esters is 2. The molecule has 142 valence electrons. The number of amides is 1. The third kappa shape index (κ3) is 3.05. The Labute approximate surface area is 163 Å². The van der Waals surface area contributed by atoms with Crippen molar-refractivity contribution in [3.8, 4) is 0 Å². The van der Waals surface area contributed by atoms with Gasteiger partial charge in [0, 0.05) is 17.2 Å². The minimum Gasteiger partial charge on any atom is -0.461 e. The maximum atomic E-state index is 12.5. The molecule has 1 N–H and O–H groups in total. The Hall–Kier alpha value is -2.22. The number of carbonyl (C=O) groups is 4. The maximum Gasteiger partial charge on any atom is 0.310 e. The number of carbonyl (C=O) groups excluding carboxylic acids is 4.